The molecular weight excluding hydrogens is 366 g/mol. The van der Waals surface area contributed by atoms with Crippen LogP contribution >= 0.6 is 11.3 Å². The molecule has 3 nitrogen and oxygen atoms in total. The number of carbonyl (C=O) groups is 1. The molecule has 0 radical (unpaired) electrons. The summed E-state index contributed by atoms with van der Waals surface area (Å²) in [6.45, 7) is 0. The van der Waals surface area contributed by atoms with Crippen molar-refractivity contribution in [1.29, 1.82) is 0 Å². The van der Waals surface area contributed by atoms with Crippen molar-refractivity contribution in [3.05, 3.63) is 82.6 Å². The third-order valence-electron chi connectivity index (χ3n) is 5.39. The van der Waals surface area contributed by atoms with E-state index in [2.05, 4.69) is 53.2 Å². The van der Waals surface area contributed by atoms with E-state index in [9.17, 15) is 4.79 Å². The van der Waals surface area contributed by atoms with Crippen LogP contribution in [0.2, 0.25) is 0 Å². The maximum absolute atomic E-state index is 12.6. The van der Waals surface area contributed by atoms with Crippen LogP contribution in [0.4, 0.5) is 5.69 Å². The molecule has 0 bridgehead atoms. The van der Waals surface area contributed by atoms with E-state index < -0.39 is 0 Å². The summed E-state index contributed by atoms with van der Waals surface area (Å²) < 4.78 is 5.26. The molecule has 0 fully saturated rings. The quantitative estimate of drug-likeness (QED) is 0.466. The molecule has 1 aliphatic heterocycles. The fraction of sp³-hybridized carbons (Fsp3) is 0.125. The van der Waals surface area contributed by atoms with E-state index in [4.69, 9.17) is 4.74 Å². The summed E-state index contributed by atoms with van der Waals surface area (Å²) in [6, 6.07) is 22.7. The lowest BCUT2D eigenvalue weighted by atomic mass is 9.86. The number of fused-ring (bicyclic) bond motifs is 2. The van der Waals surface area contributed by atoms with E-state index in [0.29, 0.717) is 6.42 Å². The number of thiophene rings is 1. The third-order valence-corrected chi connectivity index (χ3v) is 6.49. The number of anilines is 1. The van der Waals surface area contributed by atoms with E-state index in [1.54, 1.807) is 18.4 Å². The minimum Gasteiger partial charge on any atom is -0.497 e. The standard InChI is InChI=1S/C24H19NO2S/c1-27-17-11-9-16(10-12-17)21-14-28-24-20(13-22(26)25-23(21)24)19-8-4-6-15-5-2-3-7-18(15)19/h2-12,14,20H,13H2,1H3,(H,25,26)/t20-/m0/s1. The summed E-state index contributed by atoms with van der Waals surface area (Å²) in [5.41, 5.74) is 4.32. The topological polar surface area (TPSA) is 38.3 Å². The lowest BCUT2D eigenvalue weighted by molar-refractivity contribution is -0.116. The number of nitrogens with one attached hydrogen (secondary N) is 1. The molecule has 138 valence electrons. The monoisotopic (exact) mass is 385 g/mol. The van der Waals surface area contributed by atoms with Gasteiger partial charge < -0.3 is 10.1 Å². The molecule has 1 aromatic heterocycles. The van der Waals surface area contributed by atoms with Crippen LogP contribution in [0, 0.1) is 0 Å². The predicted octanol–water partition coefficient (Wildman–Crippen LogP) is 6.05. The first-order valence-electron chi connectivity index (χ1n) is 9.28. The second-order valence-electron chi connectivity index (χ2n) is 6.99. The zero-order valence-electron chi connectivity index (χ0n) is 15.4. The van der Waals surface area contributed by atoms with Gasteiger partial charge in [-0.3, -0.25) is 4.79 Å². The van der Waals surface area contributed by atoms with Gasteiger partial charge in [0.1, 0.15) is 5.75 Å². The van der Waals surface area contributed by atoms with E-state index in [-0.39, 0.29) is 11.8 Å². The summed E-state index contributed by atoms with van der Waals surface area (Å²) in [6.07, 6.45) is 0.476. The molecule has 0 unspecified atom stereocenters. The molecule has 0 aliphatic carbocycles. The van der Waals surface area contributed by atoms with Crippen molar-refractivity contribution in [2.45, 2.75) is 12.3 Å². The summed E-state index contributed by atoms with van der Waals surface area (Å²) in [5, 5.41) is 7.70. The molecule has 0 spiro atoms. The molecule has 1 atom stereocenters. The van der Waals surface area contributed by atoms with Gasteiger partial charge in [-0.15, -0.1) is 11.3 Å². The van der Waals surface area contributed by atoms with Crippen molar-refractivity contribution >= 4 is 33.7 Å². The molecule has 3 aromatic carbocycles. The minimum absolute atomic E-state index is 0.0681. The first kappa shape index (κ1) is 17.0. The number of benzene rings is 3. The molecule has 0 saturated carbocycles. The fourth-order valence-electron chi connectivity index (χ4n) is 4.02. The summed E-state index contributed by atoms with van der Waals surface area (Å²) in [4.78, 5) is 13.8. The molecule has 1 N–H and O–H groups in total. The Morgan fingerprint density at radius 2 is 1.79 bits per heavy atom. The number of hydrogen-bond acceptors (Lipinski definition) is 3. The molecule has 1 aliphatic rings. The van der Waals surface area contributed by atoms with Gasteiger partial charge in [0.05, 0.1) is 12.8 Å². The zero-order valence-corrected chi connectivity index (χ0v) is 16.3. The van der Waals surface area contributed by atoms with Crippen molar-refractivity contribution in [1.82, 2.24) is 0 Å². The van der Waals surface area contributed by atoms with Crippen molar-refractivity contribution in [2.24, 2.45) is 0 Å². The number of rotatable bonds is 3. The second kappa shape index (κ2) is 6.80. The number of ether oxygens (including phenoxy) is 1. The smallest absolute Gasteiger partial charge is 0.225 e. The number of amides is 1. The Morgan fingerprint density at radius 1 is 1.00 bits per heavy atom. The van der Waals surface area contributed by atoms with Crippen LogP contribution in [0.3, 0.4) is 0 Å². The van der Waals surface area contributed by atoms with Crippen LogP contribution in [0.1, 0.15) is 22.8 Å². The van der Waals surface area contributed by atoms with Crippen molar-refractivity contribution in [3.8, 4) is 16.9 Å². The van der Waals surface area contributed by atoms with Crippen LogP contribution < -0.4 is 10.1 Å². The summed E-state index contributed by atoms with van der Waals surface area (Å²) >= 11 is 1.72. The van der Waals surface area contributed by atoms with Gasteiger partial charge in [0.2, 0.25) is 5.91 Å². The number of hydrogen-bond donors (Lipinski definition) is 1. The fourth-order valence-corrected chi connectivity index (χ4v) is 5.17. The summed E-state index contributed by atoms with van der Waals surface area (Å²) in [7, 11) is 1.66. The van der Waals surface area contributed by atoms with Gasteiger partial charge in [0.15, 0.2) is 0 Å². The van der Waals surface area contributed by atoms with E-state index >= 15 is 0 Å². The molecule has 2 heterocycles. The first-order chi connectivity index (χ1) is 13.7. The first-order valence-corrected chi connectivity index (χ1v) is 10.2. The van der Waals surface area contributed by atoms with E-state index in [0.717, 1.165) is 22.6 Å². The van der Waals surface area contributed by atoms with Crippen LogP contribution in [-0.2, 0) is 4.79 Å². The average molecular weight is 385 g/mol. The zero-order chi connectivity index (χ0) is 19.1. The highest BCUT2D eigenvalue weighted by Gasteiger charge is 2.31. The van der Waals surface area contributed by atoms with Gasteiger partial charge in [0, 0.05) is 28.2 Å². The Hall–Kier alpha value is -3.11. The molecule has 4 aromatic rings. The maximum atomic E-state index is 12.6. The number of methoxy groups -OCH3 is 1. The second-order valence-corrected chi connectivity index (χ2v) is 7.90. The average Bonchev–Trinajstić information content (AvgIpc) is 3.16. The Kier molecular flexibility index (Phi) is 4.14. The maximum Gasteiger partial charge on any atom is 0.225 e. The Morgan fingerprint density at radius 3 is 2.61 bits per heavy atom. The largest absolute Gasteiger partial charge is 0.497 e. The van der Waals surface area contributed by atoms with Gasteiger partial charge in [-0.2, -0.15) is 0 Å². The molecule has 4 heteroatoms. The van der Waals surface area contributed by atoms with Crippen LogP contribution in [0.15, 0.2) is 72.1 Å². The van der Waals surface area contributed by atoms with E-state index in [1.807, 2.05) is 24.3 Å². The van der Waals surface area contributed by atoms with Gasteiger partial charge in [0.25, 0.3) is 0 Å². The van der Waals surface area contributed by atoms with Crippen molar-refractivity contribution in [3.63, 3.8) is 0 Å². The highest BCUT2D eigenvalue weighted by atomic mass is 32.1. The van der Waals surface area contributed by atoms with Crippen LogP contribution in [0.25, 0.3) is 21.9 Å². The van der Waals surface area contributed by atoms with E-state index in [1.165, 1.54) is 21.2 Å². The van der Waals surface area contributed by atoms with Gasteiger partial charge in [-0.1, -0.05) is 54.6 Å². The Labute approximate surface area is 167 Å². The van der Waals surface area contributed by atoms with Gasteiger partial charge in [-0.25, -0.2) is 0 Å². The Bertz CT molecular complexity index is 1170. The number of carbonyl (C=O) groups excluding carboxylic acids is 1. The normalized spacial score (nSPS) is 15.9. The van der Waals surface area contributed by atoms with Crippen molar-refractivity contribution < 1.29 is 9.53 Å². The minimum atomic E-state index is 0.0681. The highest BCUT2D eigenvalue weighted by Crippen LogP contribution is 2.47. The SMILES string of the molecule is COc1ccc(-c2csc3c2NC(=O)C[C@H]3c2cccc3ccccc23)cc1. The van der Waals surface area contributed by atoms with Gasteiger partial charge in [-0.05, 0) is 34.0 Å². The van der Waals surface area contributed by atoms with Gasteiger partial charge >= 0.3 is 0 Å². The molecule has 28 heavy (non-hydrogen) atoms. The lowest BCUT2D eigenvalue weighted by Gasteiger charge is -2.25. The molecule has 1 amide bonds. The summed E-state index contributed by atoms with van der Waals surface area (Å²) in [5.74, 6) is 0.968. The predicted molar refractivity (Wildman–Crippen MR) is 115 cm³/mol. The van der Waals surface area contributed by atoms with Crippen LogP contribution in [0.5, 0.6) is 5.75 Å². The highest BCUT2D eigenvalue weighted by molar-refractivity contribution is 7.11. The lowest BCUT2D eigenvalue weighted by Crippen LogP contribution is -2.22. The molecular formula is C24H19NO2S. The third kappa shape index (κ3) is 2.77. The molecule has 5 rings (SSSR count). The van der Waals surface area contributed by atoms with Crippen LogP contribution in [-0.4, -0.2) is 13.0 Å². The Balaban J connectivity index is 1.64. The molecule has 0 saturated heterocycles. The van der Waals surface area contributed by atoms with Crippen molar-refractivity contribution in [2.75, 3.05) is 12.4 Å².